The first-order valence-corrected chi connectivity index (χ1v) is 12.9. The molecule has 0 aromatic heterocycles. The molecule has 21 heavy (non-hydrogen) atoms. The van der Waals surface area contributed by atoms with Crippen molar-refractivity contribution in [2.45, 2.75) is 86.0 Å². The molecule has 1 N–H and O–H groups in total. The second-order valence-corrected chi connectivity index (χ2v) is 9.66. The molecular weight excluding hydrogens is 491 g/mol. The molecule has 0 heterocycles. The number of halogens is 1. The molecule has 0 amide bonds. The third-order valence-corrected chi connectivity index (χ3v) is 7.23. The van der Waals surface area contributed by atoms with Gasteiger partial charge in [-0.1, -0.05) is 0 Å². The van der Waals surface area contributed by atoms with E-state index in [2.05, 4.69) is 32.7 Å². The molecule has 0 bridgehead atoms. The predicted molar refractivity (Wildman–Crippen MR) is 102 cm³/mol. The van der Waals surface area contributed by atoms with E-state index in [0.717, 1.165) is 12.8 Å². The van der Waals surface area contributed by atoms with Gasteiger partial charge in [-0.2, -0.15) is 0 Å². The first-order chi connectivity index (χ1) is 10.3. The van der Waals surface area contributed by atoms with Crippen LogP contribution in [0.25, 0.3) is 0 Å². The fourth-order valence-electron chi connectivity index (χ4n) is 2.17. The Morgan fingerprint density at radius 1 is 0.857 bits per heavy atom. The van der Waals surface area contributed by atoms with Gasteiger partial charge in [-0.15, -0.1) is 0 Å². The molecular formula is C17H31IO2Te. The standard InChI is InChI=1S/C17H31IO2Te/c18-14-10-6-4-8-12-16-21-15-11-7-3-1-2-5-9-13-17(19)20/h10,14H,1-9,11-13,15-16H2,(H,19,20)/b14-10+. The number of allylic oxidation sites excluding steroid dienone is 1. The van der Waals surface area contributed by atoms with Gasteiger partial charge in [-0.25, -0.2) is 0 Å². The van der Waals surface area contributed by atoms with Crippen LogP contribution in [0.5, 0.6) is 0 Å². The summed E-state index contributed by atoms with van der Waals surface area (Å²) in [6.07, 6.45) is 16.8. The van der Waals surface area contributed by atoms with Crippen molar-refractivity contribution in [1.29, 1.82) is 0 Å². The van der Waals surface area contributed by atoms with Gasteiger partial charge in [0, 0.05) is 0 Å². The minimum absolute atomic E-state index is 0.305. The van der Waals surface area contributed by atoms with E-state index in [1.54, 1.807) is 0 Å². The molecule has 0 aliphatic rings. The van der Waals surface area contributed by atoms with Gasteiger partial charge in [0.2, 0.25) is 0 Å². The van der Waals surface area contributed by atoms with Crippen LogP contribution < -0.4 is 0 Å². The van der Waals surface area contributed by atoms with Crippen LogP contribution in [0.4, 0.5) is 0 Å². The molecule has 0 aliphatic carbocycles. The van der Waals surface area contributed by atoms with Crippen molar-refractivity contribution < 1.29 is 9.90 Å². The van der Waals surface area contributed by atoms with Gasteiger partial charge in [-0.05, 0) is 0 Å². The Labute approximate surface area is 154 Å². The summed E-state index contributed by atoms with van der Waals surface area (Å²) in [7, 11) is 0. The molecule has 2 nitrogen and oxygen atoms in total. The number of hydrogen-bond donors (Lipinski definition) is 1. The maximum absolute atomic E-state index is 10.3. The Morgan fingerprint density at radius 2 is 1.38 bits per heavy atom. The van der Waals surface area contributed by atoms with Crippen LogP contribution in [-0.4, -0.2) is 32.0 Å². The average molecular weight is 522 g/mol. The van der Waals surface area contributed by atoms with Gasteiger partial charge in [0.05, 0.1) is 0 Å². The van der Waals surface area contributed by atoms with E-state index in [1.165, 1.54) is 66.7 Å². The van der Waals surface area contributed by atoms with Crippen LogP contribution in [-0.2, 0) is 4.79 Å². The average Bonchev–Trinajstić information content (AvgIpc) is 2.46. The topological polar surface area (TPSA) is 37.3 Å². The number of rotatable bonds is 16. The second-order valence-electron chi connectivity index (χ2n) is 5.44. The molecule has 0 spiro atoms. The second kappa shape index (κ2) is 18.8. The van der Waals surface area contributed by atoms with E-state index in [4.69, 9.17) is 5.11 Å². The van der Waals surface area contributed by atoms with Crippen LogP contribution in [0.2, 0.25) is 8.94 Å². The van der Waals surface area contributed by atoms with Gasteiger partial charge in [0.15, 0.2) is 0 Å². The number of unbranched alkanes of at least 4 members (excludes halogenated alkanes) is 9. The van der Waals surface area contributed by atoms with E-state index in [-0.39, 0.29) is 0 Å². The molecule has 4 heteroatoms. The number of aliphatic carboxylic acids is 1. The Morgan fingerprint density at radius 3 is 1.95 bits per heavy atom. The number of carbonyl (C=O) groups is 1. The van der Waals surface area contributed by atoms with Crippen LogP contribution in [0.1, 0.15) is 77.0 Å². The van der Waals surface area contributed by atoms with Crippen LogP contribution in [0, 0.1) is 0 Å². The zero-order valence-electron chi connectivity index (χ0n) is 13.2. The molecule has 0 saturated carbocycles. The third kappa shape index (κ3) is 20.7. The fourth-order valence-corrected chi connectivity index (χ4v) is 5.44. The van der Waals surface area contributed by atoms with E-state index in [1.807, 2.05) is 0 Å². The predicted octanol–water partition coefficient (Wildman–Crippen LogP) is 6.24. The van der Waals surface area contributed by atoms with Gasteiger partial charge < -0.3 is 0 Å². The number of carboxylic acids is 1. The monoisotopic (exact) mass is 524 g/mol. The van der Waals surface area contributed by atoms with Crippen molar-refractivity contribution in [3.63, 3.8) is 0 Å². The number of carboxylic acid groups (broad SMARTS) is 1. The van der Waals surface area contributed by atoms with E-state index in [9.17, 15) is 4.79 Å². The molecule has 0 unspecified atom stereocenters. The zero-order chi connectivity index (χ0) is 15.6. The van der Waals surface area contributed by atoms with Crippen molar-refractivity contribution in [1.82, 2.24) is 0 Å². The van der Waals surface area contributed by atoms with Crippen molar-refractivity contribution >= 4 is 49.5 Å². The van der Waals surface area contributed by atoms with Crippen molar-refractivity contribution in [3.05, 3.63) is 10.2 Å². The van der Waals surface area contributed by atoms with Crippen LogP contribution in [0.3, 0.4) is 0 Å². The number of hydrogen-bond acceptors (Lipinski definition) is 1. The zero-order valence-corrected chi connectivity index (χ0v) is 17.7. The molecule has 0 atom stereocenters. The first-order valence-electron chi connectivity index (χ1n) is 8.32. The van der Waals surface area contributed by atoms with Crippen molar-refractivity contribution in [3.8, 4) is 0 Å². The van der Waals surface area contributed by atoms with Gasteiger partial charge in [-0.3, -0.25) is 0 Å². The summed E-state index contributed by atoms with van der Waals surface area (Å²) >= 11 is 2.60. The van der Waals surface area contributed by atoms with Crippen LogP contribution >= 0.6 is 22.6 Å². The Bertz CT molecular complexity index is 257. The summed E-state index contributed by atoms with van der Waals surface area (Å²) in [4.78, 5) is 10.3. The first kappa shape index (κ1) is 21.7. The summed E-state index contributed by atoms with van der Waals surface area (Å²) in [5, 5.41) is 8.53. The van der Waals surface area contributed by atoms with Gasteiger partial charge in [0.25, 0.3) is 0 Å². The third-order valence-electron chi connectivity index (χ3n) is 3.43. The summed E-state index contributed by atoms with van der Waals surface area (Å²) < 4.78 is 5.18. The van der Waals surface area contributed by atoms with E-state index in [0.29, 0.717) is 27.3 Å². The molecule has 0 aromatic rings. The molecule has 0 rings (SSSR count). The maximum atomic E-state index is 10.3. The quantitative estimate of drug-likeness (QED) is 0.148. The van der Waals surface area contributed by atoms with Crippen LogP contribution in [0.15, 0.2) is 10.2 Å². The van der Waals surface area contributed by atoms with Gasteiger partial charge in [0.1, 0.15) is 0 Å². The van der Waals surface area contributed by atoms with Crippen molar-refractivity contribution in [2.75, 3.05) is 0 Å². The molecule has 0 aliphatic heterocycles. The minimum atomic E-state index is -0.652. The van der Waals surface area contributed by atoms with E-state index >= 15 is 0 Å². The molecule has 0 aromatic carbocycles. The Balaban J connectivity index is 2.98. The summed E-state index contributed by atoms with van der Waals surface area (Å²) in [5.74, 6) is -0.652. The fraction of sp³-hybridized carbons (Fsp3) is 0.824. The molecule has 124 valence electrons. The molecule has 0 fully saturated rings. The Hall–Kier alpha value is 0.730. The van der Waals surface area contributed by atoms with E-state index < -0.39 is 5.97 Å². The summed E-state index contributed by atoms with van der Waals surface area (Å²) in [6, 6.07) is 0. The Kier molecular flexibility index (Phi) is 19.4. The van der Waals surface area contributed by atoms with Gasteiger partial charge >= 0.3 is 156 Å². The molecule has 0 saturated heterocycles. The SMILES string of the molecule is O=C(O)CCCCCCCCC[Te]CCCCC/C=C/I. The van der Waals surface area contributed by atoms with Crippen molar-refractivity contribution in [2.24, 2.45) is 0 Å². The summed E-state index contributed by atoms with van der Waals surface area (Å²) in [5.41, 5.74) is 0. The normalized spacial score (nSPS) is 11.3. The summed E-state index contributed by atoms with van der Waals surface area (Å²) in [6.45, 7) is 0. The molecule has 0 radical (unpaired) electrons.